The molecule has 6 nitrogen and oxygen atoms in total. The average molecular weight is 402 g/mol. The smallest absolute Gasteiger partial charge is 0.321 e. The van der Waals surface area contributed by atoms with Crippen LogP contribution in [0.3, 0.4) is 0 Å². The number of aryl methyl sites for hydroxylation is 1. The molecule has 1 aromatic heterocycles. The minimum atomic E-state index is -0.157. The van der Waals surface area contributed by atoms with Crippen molar-refractivity contribution >= 4 is 17.4 Å². The Labute approximate surface area is 176 Å². The van der Waals surface area contributed by atoms with Crippen LogP contribution in [0.1, 0.15) is 24.1 Å². The SMILES string of the molecule is COc1ccc(C)cc1NC(=O)N1CCC2(CC1)Nc1ccccc1-n1cccc12. The van der Waals surface area contributed by atoms with Gasteiger partial charge in [-0.2, -0.15) is 0 Å². The van der Waals surface area contributed by atoms with Crippen LogP contribution in [-0.2, 0) is 5.54 Å². The summed E-state index contributed by atoms with van der Waals surface area (Å²) in [6.45, 7) is 3.36. The molecule has 5 rings (SSSR count). The van der Waals surface area contributed by atoms with Crippen LogP contribution >= 0.6 is 0 Å². The number of nitrogens with one attached hydrogen (secondary N) is 2. The van der Waals surface area contributed by atoms with Crippen LogP contribution in [-0.4, -0.2) is 35.7 Å². The van der Waals surface area contributed by atoms with Crippen LogP contribution in [0.4, 0.5) is 16.2 Å². The zero-order chi connectivity index (χ0) is 20.7. The van der Waals surface area contributed by atoms with Gasteiger partial charge in [0.05, 0.1) is 29.7 Å². The van der Waals surface area contributed by atoms with Gasteiger partial charge in [0.2, 0.25) is 0 Å². The molecule has 0 bridgehead atoms. The van der Waals surface area contributed by atoms with Crippen molar-refractivity contribution in [3.63, 3.8) is 0 Å². The highest BCUT2D eigenvalue weighted by Gasteiger charge is 2.42. The van der Waals surface area contributed by atoms with E-state index in [4.69, 9.17) is 4.74 Å². The molecule has 2 aliphatic rings. The second kappa shape index (κ2) is 7.13. The molecule has 2 aliphatic heterocycles. The number of hydrogen-bond donors (Lipinski definition) is 2. The van der Waals surface area contributed by atoms with Gasteiger partial charge in [-0.15, -0.1) is 0 Å². The lowest BCUT2D eigenvalue weighted by atomic mass is 9.82. The van der Waals surface area contributed by atoms with Crippen molar-refractivity contribution in [2.45, 2.75) is 25.3 Å². The zero-order valence-electron chi connectivity index (χ0n) is 17.3. The van der Waals surface area contributed by atoms with Crippen molar-refractivity contribution in [3.05, 3.63) is 72.1 Å². The zero-order valence-corrected chi connectivity index (χ0v) is 17.3. The maximum Gasteiger partial charge on any atom is 0.321 e. The van der Waals surface area contributed by atoms with E-state index in [9.17, 15) is 4.79 Å². The summed E-state index contributed by atoms with van der Waals surface area (Å²) in [5.41, 5.74) is 5.21. The first-order valence-electron chi connectivity index (χ1n) is 10.4. The number of methoxy groups -OCH3 is 1. The van der Waals surface area contributed by atoms with E-state index >= 15 is 0 Å². The molecule has 1 spiro atoms. The predicted molar refractivity (Wildman–Crippen MR) is 119 cm³/mol. The molecule has 3 aromatic rings. The van der Waals surface area contributed by atoms with E-state index in [1.807, 2.05) is 30.0 Å². The van der Waals surface area contributed by atoms with Gasteiger partial charge in [0.1, 0.15) is 5.75 Å². The fourth-order valence-electron chi connectivity index (χ4n) is 4.68. The minimum Gasteiger partial charge on any atom is -0.495 e. The third-order valence-electron chi connectivity index (χ3n) is 6.28. The third kappa shape index (κ3) is 3.00. The first kappa shape index (κ1) is 18.6. The Balaban J connectivity index is 1.34. The van der Waals surface area contributed by atoms with Crippen LogP contribution in [0.25, 0.3) is 5.69 Å². The number of piperidine rings is 1. The number of urea groups is 1. The number of hydrogen-bond acceptors (Lipinski definition) is 3. The van der Waals surface area contributed by atoms with E-state index in [1.165, 1.54) is 11.4 Å². The van der Waals surface area contributed by atoms with E-state index in [1.54, 1.807) is 7.11 Å². The molecular weight excluding hydrogens is 376 g/mol. The number of nitrogens with zero attached hydrogens (tertiary/aromatic N) is 2. The van der Waals surface area contributed by atoms with E-state index < -0.39 is 0 Å². The average Bonchev–Trinajstić information content (AvgIpc) is 3.26. The van der Waals surface area contributed by atoms with Crippen molar-refractivity contribution in [1.29, 1.82) is 0 Å². The predicted octanol–water partition coefficient (Wildman–Crippen LogP) is 4.74. The molecule has 2 aromatic carbocycles. The summed E-state index contributed by atoms with van der Waals surface area (Å²) in [6.07, 6.45) is 3.83. The van der Waals surface area contributed by atoms with E-state index in [2.05, 4.69) is 57.8 Å². The number of rotatable bonds is 2. The molecule has 1 saturated heterocycles. The van der Waals surface area contributed by atoms with Crippen molar-refractivity contribution in [2.75, 3.05) is 30.8 Å². The summed E-state index contributed by atoms with van der Waals surface area (Å²) in [5, 5.41) is 6.82. The van der Waals surface area contributed by atoms with Gasteiger partial charge in [0.25, 0.3) is 0 Å². The van der Waals surface area contributed by atoms with Crippen LogP contribution in [0.2, 0.25) is 0 Å². The maximum atomic E-state index is 12.9. The molecule has 154 valence electrons. The van der Waals surface area contributed by atoms with Crippen LogP contribution in [0, 0.1) is 6.92 Å². The highest BCUT2D eigenvalue weighted by molar-refractivity contribution is 5.91. The highest BCUT2D eigenvalue weighted by atomic mass is 16.5. The normalized spacial score (nSPS) is 16.4. The lowest BCUT2D eigenvalue weighted by molar-refractivity contribution is 0.174. The van der Waals surface area contributed by atoms with Crippen LogP contribution < -0.4 is 15.4 Å². The monoisotopic (exact) mass is 402 g/mol. The Bertz CT molecular complexity index is 1100. The highest BCUT2D eigenvalue weighted by Crippen LogP contribution is 2.43. The van der Waals surface area contributed by atoms with Gasteiger partial charge in [-0.25, -0.2) is 4.79 Å². The molecule has 0 radical (unpaired) electrons. The van der Waals surface area contributed by atoms with Gasteiger partial charge in [-0.3, -0.25) is 0 Å². The quantitative estimate of drug-likeness (QED) is 0.651. The summed E-state index contributed by atoms with van der Waals surface area (Å²) >= 11 is 0. The van der Waals surface area contributed by atoms with E-state index in [0.29, 0.717) is 24.5 Å². The molecule has 30 heavy (non-hydrogen) atoms. The number of likely N-dealkylation sites (tertiary alicyclic amines) is 1. The molecule has 1 fully saturated rings. The molecular formula is C24H26N4O2. The number of carbonyl (C=O) groups is 1. The molecule has 0 unspecified atom stereocenters. The number of ether oxygens (including phenoxy) is 1. The van der Waals surface area contributed by atoms with Gasteiger partial charge in [-0.05, 0) is 61.7 Å². The Morgan fingerprint density at radius 3 is 2.70 bits per heavy atom. The Morgan fingerprint density at radius 1 is 1.10 bits per heavy atom. The Morgan fingerprint density at radius 2 is 1.90 bits per heavy atom. The van der Waals surface area contributed by atoms with Crippen molar-refractivity contribution in [2.24, 2.45) is 0 Å². The number of carbonyl (C=O) groups excluding carboxylic acids is 1. The van der Waals surface area contributed by atoms with Crippen molar-refractivity contribution in [3.8, 4) is 11.4 Å². The Kier molecular flexibility index (Phi) is 4.42. The standard InChI is InChI=1S/C24H26N4O2/c1-17-9-10-21(30-2)19(16-17)25-23(29)27-14-11-24(12-15-27)22-8-5-13-28(22)20-7-4-3-6-18(20)26-24/h3-10,13,16,26H,11-12,14-15H2,1-2H3,(H,25,29). The molecule has 2 amide bonds. The first-order chi connectivity index (χ1) is 14.6. The minimum absolute atomic E-state index is 0.0830. The number of amides is 2. The first-order valence-corrected chi connectivity index (χ1v) is 10.4. The number of anilines is 2. The fraction of sp³-hybridized carbons (Fsp3) is 0.292. The second-order valence-corrected chi connectivity index (χ2v) is 8.11. The number of aromatic nitrogens is 1. The summed E-state index contributed by atoms with van der Waals surface area (Å²) in [7, 11) is 1.62. The molecule has 0 atom stereocenters. The molecule has 3 heterocycles. The van der Waals surface area contributed by atoms with Gasteiger partial charge in [0, 0.05) is 25.0 Å². The summed E-state index contributed by atoms with van der Waals surface area (Å²) in [6, 6.07) is 18.4. The largest absolute Gasteiger partial charge is 0.495 e. The van der Waals surface area contributed by atoms with Gasteiger partial charge >= 0.3 is 6.03 Å². The molecule has 0 aliphatic carbocycles. The van der Waals surface area contributed by atoms with Crippen LogP contribution in [0.5, 0.6) is 5.75 Å². The van der Waals surface area contributed by atoms with Crippen molar-refractivity contribution in [1.82, 2.24) is 9.47 Å². The third-order valence-corrected chi connectivity index (χ3v) is 6.28. The van der Waals surface area contributed by atoms with E-state index in [0.717, 1.165) is 24.1 Å². The molecule has 0 saturated carbocycles. The number of benzene rings is 2. The van der Waals surface area contributed by atoms with Gasteiger partial charge in [0.15, 0.2) is 0 Å². The maximum absolute atomic E-state index is 12.9. The Hall–Kier alpha value is -3.41. The summed E-state index contributed by atoms with van der Waals surface area (Å²) in [5.74, 6) is 0.672. The fourth-order valence-corrected chi connectivity index (χ4v) is 4.68. The topological polar surface area (TPSA) is 58.5 Å². The summed E-state index contributed by atoms with van der Waals surface area (Å²) in [4.78, 5) is 14.8. The molecule has 2 N–H and O–H groups in total. The number of fused-ring (bicyclic) bond motifs is 4. The summed E-state index contributed by atoms with van der Waals surface area (Å²) < 4.78 is 7.67. The van der Waals surface area contributed by atoms with Crippen molar-refractivity contribution < 1.29 is 9.53 Å². The lowest BCUT2D eigenvalue weighted by Crippen LogP contribution is -2.51. The van der Waals surface area contributed by atoms with E-state index in [-0.39, 0.29) is 11.6 Å². The number of para-hydroxylation sites is 2. The van der Waals surface area contributed by atoms with Gasteiger partial charge in [-0.1, -0.05) is 18.2 Å². The molecule has 6 heteroatoms. The second-order valence-electron chi connectivity index (χ2n) is 8.11. The van der Waals surface area contributed by atoms with Crippen LogP contribution in [0.15, 0.2) is 60.8 Å². The lowest BCUT2D eigenvalue weighted by Gasteiger charge is -2.46. The van der Waals surface area contributed by atoms with Gasteiger partial charge < -0.3 is 24.8 Å².